The van der Waals surface area contributed by atoms with Crippen LogP contribution >= 0.6 is 21.8 Å². The van der Waals surface area contributed by atoms with Crippen LogP contribution in [0.3, 0.4) is 0 Å². The highest BCUT2D eigenvalue weighted by atomic mass is 31.2. The van der Waals surface area contributed by atoms with Crippen molar-refractivity contribution in [3.05, 3.63) is 273 Å². The highest BCUT2D eigenvalue weighted by Gasteiger charge is 2.46. The lowest BCUT2D eigenvalue weighted by atomic mass is 10.3. The van der Waals surface area contributed by atoms with Gasteiger partial charge in [0.15, 0.2) is 0 Å². The molecule has 0 aromatic heterocycles. The molecular weight excluding hydrogens is 980 g/mol. The van der Waals surface area contributed by atoms with Crippen molar-refractivity contribution in [2.24, 2.45) is 0 Å². The molecule has 9 aromatic carbocycles. The minimum Gasteiger partial charge on any atom is -0.907 e. The van der Waals surface area contributed by atoms with E-state index in [1.165, 1.54) is 124 Å². The van der Waals surface area contributed by atoms with Gasteiger partial charge >= 0.3 is 0 Å². The molecule has 0 spiro atoms. The maximum Gasteiger partial charge on any atom is 0.112 e. The van der Waals surface area contributed by atoms with Gasteiger partial charge in [-0.2, -0.15) is 0 Å². The molecule has 3 nitrogen and oxygen atoms in total. The standard InChI is InChI=1S/3C23H26P.BO3/c3*1-2-3-13-20-24(21-14-7-4-8-15-21,22-16-9-5-10-17-22)23-18-11-6-12-19-23;2-1(3)4/h3*4-12,14-19H,2-3,13,20H2,1H3;/q3*+1;-3. The molecule has 0 fully saturated rings. The maximum atomic E-state index is 8.42. The molecule has 0 bridgehead atoms. The molecule has 0 aliphatic rings. The Labute approximate surface area is 459 Å². The van der Waals surface area contributed by atoms with Crippen molar-refractivity contribution >= 4 is 76.8 Å². The normalized spacial score (nSPS) is 11.1. The Bertz CT molecular complexity index is 2260. The molecule has 0 aliphatic carbocycles. The molecule has 7 heteroatoms. The van der Waals surface area contributed by atoms with Crippen LogP contribution in [0.15, 0.2) is 273 Å². The van der Waals surface area contributed by atoms with Crippen molar-refractivity contribution < 1.29 is 15.1 Å². The first-order chi connectivity index (χ1) is 37.4. The van der Waals surface area contributed by atoms with Crippen molar-refractivity contribution in [3.8, 4) is 0 Å². The minimum atomic E-state index is -2.92. The average Bonchev–Trinajstić information content (AvgIpc) is 3.51. The highest BCUT2D eigenvalue weighted by Crippen LogP contribution is 2.58. The van der Waals surface area contributed by atoms with Crippen LogP contribution < -0.4 is 62.8 Å². The lowest BCUT2D eigenvalue weighted by Gasteiger charge is -2.35. The van der Waals surface area contributed by atoms with Gasteiger partial charge < -0.3 is 15.1 Å². The van der Waals surface area contributed by atoms with E-state index in [0.717, 1.165) is 0 Å². The topological polar surface area (TPSA) is 69.2 Å². The molecule has 0 saturated heterocycles. The fraction of sp³-hybridized carbons (Fsp3) is 0.217. The van der Waals surface area contributed by atoms with Gasteiger partial charge in [0.2, 0.25) is 0 Å². The number of rotatable bonds is 21. The van der Waals surface area contributed by atoms with E-state index < -0.39 is 29.1 Å². The second-order valence-corrected chi connectivity index (χ2v) is 29.9. The van der Waals surface area contributed by atoms with Crippen molar-refractivity contribution in [2.75, 3.05) is 18.5 Å². The molecule has 0 amide bonds. The van der Waals surface area contributed by atoms with Crippen molar-refractivity contribution in [1.82, 2.24) is 0 Å². The van der Waals surface area contributed by atoms with Crippen LogP contribution in [-0.4, -0.2) is 25.8 Å². The largest absolute Gasteiger partial charge is 0.907 e. The van der Waals surface area contributed by atoms with Gasteiger partial charge in [-0.05, 0) is 128 Å². The van der Waals surface area contributed by atoms with Gasteiger partial charge in [-0.3, -0.25) is 7.32 Å². The smallest absolute Gasteiger partial charge is 0.112 e. The number of benzene rings is 9. The summed E-state index contributed by atoms with van der Waals surface area (Å²) in [7, 11) is -7.67. The molecule has 0 saturated carbocycles. The zero-order valence-corrected chi connectivity index (χ0v) is 47.8. The summed E-state index contributed by atoms with van der Waals surface area (Å²) in [6.45, 7) is 6.86. The molecular formula is C69H78BO3P3. The van der Waals surface area contributed by atoms with Gasteiger partial charge in [-0.25, -0.2) is 0 Å². The summed E-state index contributed by atoms with van der Waals surface area (Å²) >= 11 is 0. The minimum absolute atomic E-state index is 1.25. The number of hydrogen-bond donors (Lipinski definition) is 0. The van der Waals surface area contributed by atoms with Gasteiger partial charge in [0.25, 0.3) is 0 Å². The van der Waals surface area contributed by atoms with Gasteiger partial charge in [-0.15, -0.1) is 0 Å². The second-order valence-electron chi connectivity index (χ2n) is 19.0. The predicted molar refractivity (Wildman–Crippen MR) is 334 cm³/mol. The maximum absolute atomic E-state index is 8.42. The SMILES string of the molecule is CCCCC[P+](c1ccccc1)(c1ccccc1)c1ccccc1.CCCCC[P+](c1ccccc1)(c1ccccc1)c1ccccc1.CCCCC[P+](c1ccccc1)(c1ccccc1)c1ccccc1.[O-]B([O-])[O-]. The van der Waals surface area contributed by atoms with E-state index in [4.69, 9.17) is 15.1 Å². The van der Waals surface area contributed by atoms with Crippen molar-refractivity contribution in [1.29, 1.82) is 0 Å². The van der Waals surface area contributed by atoms with E-state index >= 15 is 0 Å². The third kappa shape index (κ3) is 16.1. The molecule has 9 aromatic rings. The van der Waals surface area contributed by atoms with E-state index in [-0.39, 0.29) is 0 Å². The van der Waals surface area contributed by atoms with E-state index in [1.54, 1.807) is 0 Å². The highest BCUT2D eigenvalue weighted by molar-refractivity contribution is 7.96. The molecule has 76 heavy (non-hydrogen) atoms. The summed E-state index contributed by atoms with van der Waals surface area (Å²) in [5.41, 5.74) is 0. The molecule has 0 unspecified atom stereocenters. The van der Waals surface area contributed by atoms with Gasteiger partial charge in [0, 0.05) is 0 Å². The lowest BCUT2D eigenvalue weighted by molar-refractivity contribution is -0.479. The molecule has 9 rings (SSSR count). The summed E-state index contributed by atoms with van der Waals surface area (Å²) in [4.78, 5) is 0. The third-order valence-corrected chi connectivity index (χ3v) is 27.6. The molecule has 0 radical (unpaired) electrons. The molecule has 0 atom stereocenters. The molecule has 390 valence electrons. The fourth-order valence-corrected chi connectivity index (χ4v) is 23.7. The molecule has 0 heterocycles. The first-order valence-electron chi connectivity index (χ1n) is 27.5. The summed E-state index contributed by atoms with van der Waals surface area (Å²) in [6.07, 6.45) is 15.3. The van der Waals surface area contributed by atoms with Crippen LogP contribution in [0.4, 0.5) is 0 Å². The van der Waals surface area contributed by atoms with E-state index in [0.29, 0.717) is 0 Å². The van der Waals surface area contributed by atoms with Gasteiger partial charge in [-0.1, -0.05) is 223 Å². The first kappa shape index (κ1) is 59.5. The van der Waals surface area contributed by atoms with Crippen LogP contribution in [-0.2, 0) is 0 Å². The van der Waals surface area contributed by atoms with Gasteiger partial charge in [0.05, 0.1) is 18.5 Å². The zero-order chi connectivity index (χ0) is 53.6. The Morgan fingerprint density at radius 1 is 0.224 bits per heavy atom. The van der Waals surface area contributed by atoms with Crippen molar-refractivity contribution in [3.63, 3.8) is 0 Å². The lowest BCUT2D eigenvalue weighted by Crippen LogP contribution is -2.56. The molecule has 0 aliphatic heterocycles. The number of hydrogen-bond acceptors (Lipinski definition) is 3. The summed E-state index contributed by atoms with van der Waals surface area (Å²) < 4.78 is 0. The van der Waals surface area contributed by atoms with Crippen LogP contribution in [0.1, 0.15) is 78.6 Å². The van der Waals surface area contributed by atoms with Gasteiger partial charge in [0.1, 0.15) is 69.5 Å². The third-order valence-electron chi connectivity index (χ3n) is 14.1. The predicted octanol–water partition coefficient (Wildman–Crippen LogP) is 11.6. The quantitative estimate of drug-likeness (QED) is 0.0409. The zero-order valence-electron chi connectivity index (χ0n) is 45.1. The van der Waals surface area contributed by atoms with Crippen LogP contribution in [0.5, 0.6) is 0 Å². The molecule has 0 N–H and O–H groups in total. The fourth-order valence-electron chi connectivity index (χ4n) is 10.4. The Hall–Kier alpha value is -5.79. The monoisotopic (exact) mass is 1060 g/mol. The van der Waals surface area contributed by atoms with E-state index in [9.17, 15) is 0 Å². The van der Waals surface area contributed by atoms with E-state index in [2.05, 4.69) is 294 Å². The van der Waals surface area contributed by atoms with Crippen LogP contribution in [0.25, 0.3) is 0 Å². The Morgan fingerprint density at radius 2 is 0.342 bits per heavy atom. The Morgan fingerprint density at radius 3 is 0.447 bits per heavy atom. The summed E-state index contributed by atoms with van der Waals surface area (Å²) in [5.74, 6) is 0. The average molecular weight is 1060 g/mol. The first-order valence-corrected chi connectivity index (χ1v) is 33.4. The van der Waals surface area contributed by atoms with Crippen molar-refractivity contribution in [2.45, 2.75) is 78.6 Å². The second kappa shape index (κ2) is 32.7. The summed E-state index contributed by atoms with van der Waals surface area (Å²) in [6, 6.07) is 101. The summed E-state index contributed by atoms with van der Waals surface area (Å²) in [5, 5.41) is 38.7. The van der Waals surface area contributed by atoms with Crippen LogP contribution in [0, 0.1) is 0 Å². The Kier molecular flexibility index (Phi) is 25.6. The van der Waals surface area contributed by atoms with Crippen LogP contribution in [0.2, 0.25) is 0 Å². The Balaban J connectivity index is 0.000000178. The number of unbranched alkanes of at least 4 members (excludes halogenated alkanes) is 6. The van der Waals surface area contributed by atoms with E-state index in [1.807, 2.05) is 0 Å².